The van der Waals surface area contributed by atoms with Crippen LogP contribution in [0.2, 0.25) is 10.0 Å². The summed E-state index contributed by atoms with van der Waals surface area (Å²) < 4.78 is 25.9. The number of anilines is 1. The van der Waals surface area contributed by atoms with Crippen molar-refractivity contribution < 1.29 is 18.7 Å². The molecule has 0 unspecified atom stereocenters. The minimum Gasteiger partial charge on any atom is -0.387 e. The highest BCUT2D eigenvalue weighted by Crippen LogP contribution is 2.29. The summed E-state index contributed by atoms with van der Waals surface area (Å²) in [7, 11) is 0. The Morgan fingerprint density at radius 3 is 2.61 bits per heavy atom. The quantitative estimate of drug-likeness (QED) is 0.767. The lowest BCUT2D eigenvalue weighted by Crippen LogP contribution is -2.32. The van der Waals surface area contributed by atoms with Crippen LogP contribution in [0, 0.1) is 11.6 Å². The number of hydrogen-bond donors (Lipinski definition) is 3. The minimum atomic E-state index is -1.19. The monoisotopic (exact) mass is 360 g/mol. The molecule has 2 aromatic carbocycles. The van der Waals surface area contributed by atoms with Crippen LogP contribution in [0.25, 0.3) is 0 Å². The Bertz CT molecular complexity index is 729. The van der Waals surface area contributed by atoms with Gasteiger partial charge in [0, 0.05) is 6.54 Å². The zero-order chi connectivity index (χ0) is 17.0. The fraction of sp³-hybridized carbons (Fsp3) is 0.133. The van der Waals surface area contributed by atoms with Crippen LogP contribution in [0.3, 0.4) is 0 Å². The van der Waals surface area contributed by atoms with Crippen molar-refractivity contribution in [3.8, 4) is 0 Å². The van der Waals surface area contributed by atoms with Crippen LogP contribution in [0.1, 0.15) is 11.7 Å². The molecule has 0 heterocycles. The number of halogens is 4. The topological polar surface area (TPSA) is 61.4 Å². The molecule has 0 spiro atoms. The number of benzene rings is 2. The van der Waals surface area contributed by atoms with Crippen molar-refractivity contribution in [2.24, 2.45) is 0 Å². The van der Waals surface area contributed by atoms with E-state index in [9.17, 15) is 18.7 Å². The number of urea groups is 1. The third kappa shape index (κ3) is 4.54. The molecule has 8 heteroatoms. The van der Waals surface area contributed by atoms with Crippen LogP contribution >= 0.6 is 23.2 Å². The average molecular weight is 361 g/mol. The summed E-state index contributed by atoms with van der Waals surface area (Å²) >= 11 is 11.7. The standard InChI is InChI=1S/C15H12Cl2F2N2O2/c16-9-2-1-3-12(14(9)17)21-15(23)20-7-13(22)8-4-5-10(18)11(19)6-8/h1-6,13,22H,7H2,(H2,20,21,23)/t13-/m0/s1. The predicted molar refractivity (Wildman–Crippen MR) is 84.8 cm³/mol. The smallest absolute Gasteiger partial charge is 0.319 e. The van der Waals surface area contributed by atoms with E-state index in [1.807, 2.05) is 0 Å². The first-order valence-electron chi connectivity index (χ1n) is 6.50. The maximum Gasteiger partial charge on any atom is 0.319 e. The highest BCUT2D eigenvalue weighted by atomic mass is 35.5. The van der Waals surface area contributed by atoms with E-state index in [2.05, 4.69) is 10.6 Å². The van der Waals surface area contributed by atoms with Gasteiger partial charge in [-0.2, -0.15) is 0 Å². The van der Waals surface area contributed by atoms with E-state index in [0.29, 0.717) is 5.69 Å². The van der Waals surface area contributed by atoms with Crippen molar-refractivity contribution in [3.05, 3.63) is 63.6 Å². The summed E-state index contributed by atoms with van der Waals surface area (Å²) in [6, 6.07) is 7.11. The summed E-state index contributed by atoms with van der Waals surface area (Å²) in [6.45, 7) is -0.199. The Labute approximate surface area is 141 Å². The van der Waals surface area contributed by atoms with Gasteiger partial charge < -0.3 is 15.7 Å². The first kappa shape index (κ1) is 17.5. The Kier molecular flexibility index (Phi) is 5.76. The average Bonchev–Trinajstić information content (AvgIpc) is 2.52. The SMILES string of the molecule is O=C(NC[C@H](O)c1ccc(F)c(F)c1)Nc1cccc(Cl)c1Cl. The molecule has 0 aliphatic rings. The first-order chi connectivity index (χ1) is 10.9. The van der Waals surface area contributed by atoms with Crippen molar-refractivity contribution in [2.45, 2.75) is 6.10 Å². The van der Waals surface area contributed by atoms with E-state index in [1.165, 1.54) is 6.07 Å². The summed E-state index contributed by atoms with van der Waals surface area (Å²) in [5, 5.41) is 15.2. The number of aliphatic hydroxyl groups is 1. The van der Waals surface area contributed by atoms with Crippen LogP contribution < -0.4 is 10.6 Å². The van der Waals surface area contributed by atoms with E-state index in [4.69, 9.17) is 23.2 Å². The van der Waals surface area contributed by atoms with E-state index >= 15 is 0 Å². The molecule has 0 saturated carbocycles. The van der Waals surface area contributed by atoms with Gasteiger partial charge in [-0.25, -0.2) is 13.6 Å². The lowest BCUT2D eigenvalue weighted by Gasteiger charge is -2.14. The molecular weight excluding hydrogens is 349 g/mol. The molecule has 23 heavy (non-hydrogen) atoms. The zero-order valence-corrected chi connectivity index (χ0v) is 13.1. The Balaban J connectivity index is 1.93. The third-order valence-corrected chi connectivity index (χ3v) is 3.80. The van der Waals surface area contributed by atoms with Crippen LogP contribution in [0.4, 0.5) is 19.3 Å². The van der Waals surface area contributed by atoms with Gasteiger partial charge in [0.15, 0.2) is 11.6 Å². The van der Waals surface area contributed by atoms with E-state index in [1.54, 1.807) is 18.2 Å². The number of hydrogen-bond acceptors (Lipinski definition) is 2. The fourth-order valence-corrected chi connectivity index (χ4v) is 2.14. The van der Waals surface area contributed by atoms with Crippen LogP contribution in [0.5, 0.6) is 0 Å². The van der Waals surface area contributed by atoms with Crippen LogP contribution in [0.15, 0.2) is 36.4 Å². The molecule has 2 rings (SSSR count). The van der Waals surface area contributed by atoms with Gasteiger partial charge in [0.25, 0.3) is 0 Å². The van der Waals surface area contributed by atoms with E-state index in [0.717, 1.165) is 12.1 Å². The largest absolute Gasteiger partial charge is 0.387 e. The van der Waals surface area contributed by atoms with Crippen molar-refractivity contribution >= 4 is 34.9 Å². The minimum absolute atomic E-state index is 0.144. The Morgan fingerprint density at radius 1 is 1.17 bits per heavy atom. The number of nitrogens with one attached hydrogen (secondary N) is 2. The summed E-state index contributed by atoms with van der Waals surface area (Å²) in [4.78, 5) is 11.8. The molecule has 0 aliphatic carbocycles. The maximum absolute atomic E-state index is 13.1. The normalized spacial score (nSPS) is 11.9. The second-order valence-corrected chi connectivity index (χ2v) is 5.41. The molecule has 0 aromatic heterocycles. The summed E-state index contributed by atoms with van der Waals surface area (Å²) in [5.41, 5.74) is 0.448. The van der Waals surface area contributed by atoms with Gasteiger partial charge >= 0.3 is 6.03 Å². The van der Waals surface area contributed by atoms with Gasteiger partial charge in [0.1, 0.15) is 0 Å². The summed E-state index contributed by atoms with van der Waals surface area (Å²) in [6.07, 6.45) is -1.19. The summed E-state index contributed by atoms with van der Waals surface area (Å²) in [5.74, 6) is -2.08. The highest BCUT2D eigenvalue weighted by molar-refractivity contribution is 6.43. The van der Waals surface area contributed by atoms with Crippen molar-refractivity contribution in [3.63, 3.8) is 0 Å². The van der Waals surface area contributed by atoms with Gasteiger partial charge in [0.2, 0.25) is 0 Å². The fourth-order valence-electron chi connectivity index (χ4n) is 1.79. The number of rotatable bonds is 4. The molecule has 0 saturated heterocycles. The Morgan fingerprint density at radius 2 is 1.91 bits per heavy atom. The van der Waals surface area contributed by atoms with Crippen molar-refractivity contribution in [2.75, 3.05) is 11.9 Å². The van der Waals surface area contributed by atoms with Crippen molar-refractivity contribution in [1.82, 2.24) is 5.32 Å². The van der Waals surface area contributed by atoms with Crippen LogP contribution in [-0.2, 0) is 0 Å². The molecule has 4 nitrogen and oxygen atoms in total. The zero-order valence-electron chi connectivity index (χ0n) is 11.6. The number of carbonyl (C=O) groups is 1. The predicted octanol–water partition coefficient (Wildman–Crippen LogP) is 4.13. The second-order valence-electron chi connectivity index (χ2n) is 4.63. The van der Waals surface area contributed by atoms with E-state index in [-0.39, 0.29) is 22.2 Å². The van der Waals surface area contributed by atoms with Crippen molar-refractivity contribution in [1.29, 1.82) is 0 Å². The van der Waals surface area contributed by atoms with Gasteiger partial charge in [-0.3, -0.25) is 0 Å². The highest BCUT2D eigenvalue weighted by Gasteiger charge is 2.13. The maximum atomic E-state index is 13.1. The molecule has 0 radical (unpaired) electrons. The molecule has 3 N–H and O–H groups in total. The number of carbonyl (C=O) groups excluding carboxylic acids is 1. The molecule has 122 valence electrons. The molecule has 2 aromatic rings. The number of aliphatic hydroxyl groups excluding tert-OH is 1. The molecule has 1 atom stereocenters. The van der Waals surface area contributed by atoms with Gasteiger partial charge in [-0.1, -0.05) is 35.3 Å². The van der Waals surface area contributed by atoms with Gasteiger partial charge in [-0.05, 0) is 29.8 Å². The molecular formula is C15H12Cl2F2N2O2. The number of amides is 2. The molecule has 0 fully saturated rings. The lowest BCUT2D eigenvalue weighted by molar-refractivity contribution is 0.174. The third-order valence-electron chi connectivity index (χ3n) is 2.98. The molecule has 0 aliphatic heterocycles. The second kappa shape index (κ2) is 7.59. The first-order valence-corrected chi connectivity index (χ1v) is 7.26. The Hall–Kier alpha value is -1.89. The van der Waals surface area contributed by atoms with Gasteiger partial charge in [0.05, 0.1) is 21.8 Å². The van der Waals surface area contributed by atoms with E-state index < -0.39 is 23.8 Å². The lowest BCUT2D eigenvalue weighted by atomic mass is 10.1. The van der Waals surface area contributed by atoms with Crippen LogP contribution in [-0.4, -0.2) is 17.7 Å². The molecule has 0 bridgehead atoms. The van der Waals surface area contributed by atoms with Gasteiger partial charge in [-0.15, -0.1) is 0 Å². The molecule has 2 amide bonds.